The fraction of sp³-hybridized carbons (Fsp3) is 0.300. The van der Waals surface area contributed by atoms with Crippen LogP contribution in [0.15, 0.2) is 57.5 Å². The lowest BCUT2D eigenvalue weighted by Gasteiger charge is -2.17. The molecule has 2 N–H and O–H groups in total. The minimum absolute atomic E-state index is 0.238. The third-order valence-electron chi connectivity index (χ3n) is 3.75. The maximum absolute atomic E-state index is 13.7. The first-order valence-corrected chi connectivity index (χ1v) is 9.95. The monoisotopic (exact) mass is 402 g/mol. The van der Waals surface area contributed by atoms with Crippen molar-refractivity contribution < 1.29 is 13.5 Å². The topological polar surface area (TPSA) is 71.7 Å². The van der Waals surface area contributed by atoms with Crippen LogP contribution in [-0.2, 0) is 6.54 Å². The Bertz CT molecular complexity index is 895. The Morgan fingerprint density at radius 2 is 2.14 bits per heavy atom. The molecule has 3 rings (SSSR count). The maximum Gasteiger partial charge on any atom is 0.236 e. The Morgan fingerprint density at radius 1 is 1.29 bits per heavy atom. The first-order valence-electron chi connectivity index (χ1n) is 9.07. The number of benzene rings is 1. The van der Waals surface area contributed by atoms with E-state index in [0.29, 0.717) is 31.5 Å². The molecule has 6 nitrogen and oxygen atoms in total. The van der Waals surface area contributed by atoms with Gasteiger partial charge < -0.3 is 19.8 Å². The summed E-state index contributed by atoms with van der Waals surface area (Å²) in [5, 5.41) is 8.35. The average Bonchev–Trinajstić information content (AvgIpc) is 3.37. The first kappa shape index (κ1) is 19.9. The van der Waals surface area contributed by atoms with E-state index in [9.17, 15) is 4.39 Å². The molecule has 0 aliphatic carbocycles. The molecule has 0 aliphatic heterocycles. The van der Waals surface area contributed by atoms with E-state index in [2.05, 4.69) is 20.6 Å². The Morgan fingerprint density at radius 3 is 2.89 bits per heavy atom. The highest BCUT2D eigenvalue weighted by Crippen LogP contribution is 2.23. The van der Waals surface area contributed by atoms with Crippen molar-refractivity contribution in [1.29, 1.82) is 0 Å². The van der Waals surface area contributed by atoms with Gasteiger partial charge in [0.15, 0.2) is 17.5 Å². The molecule has 0 fully saturated rings. The largest absolute Gasteiger partial charge is 0.486 e. The Hall–Kier alpha value is -2.87. The molecule has 148 valence electrons. The summed E-state index contributed by atoms with van der Waals surface area (Å²) in [6.07, 6.45) is 1.38. The highest BCUT2D eigenvalue weighted by Gasteiger charge is 2.10. The molecule has 2 heterocycles. The number of thiophene rings is 1. The molecule has 0 spiro atoms. The summed E-state index contributed by atoms with van der Waals surface area (Å²) in [4.78, 5) is 9.97. The van der Waals surface area contributed by atoms with E-state index in [-0.39, 0.29) is 17.7 Å². The van der Waals surface area contributed by atoms with E-state index in [1.165, 1.54) is 6.07 Å². The number of halogens is 1. The molecule has 2 aromatic heterocycles. The van der Waals surface area contributed by atoms with E-state index >= 15 is 0 Å². The minimum Gasteiger partial charge on any atom is -0.486 e. The Balaban J connectivity index is 1.54. The van der Waals surface area contributed by atoms with Crippen LogP contribution >= 0.6 is 11.3 Å². The van der Waals surface area contributed by atoms with Crippen molar-refractivity contribution in [3.63, 3.8) is 0 Å². The molecule has 0 saturated heterocycles. The van der Waals surface area contributed by atoms with Crippen LogP contribution in [0.5, 0.6) is 5.75 Å². The lowest BCUT2D eigenvalue weighted by Crippen LogP contribution is -2.41. The zero-order valence-corrected chi connectivity index (χ0v) is 16.6. The van der Waals surface area contributed by atoms with Crippen molar-refractivity contribution in [2.24, 2.45) is 4.99 Å². The molecule has 0 amide bonds. The lowest BCUT2D eigenvalue weighted by molar-refractivity contribution is 0.214. The van der Waals surface area contributed by atoms with Crippen LogP contribution in [0.25, 0.3) is 10.8 Å². The Labute approximate surface area is 167 Å². The van der Waals surface area contributed by atoms with Gasteiger partial charge in [0.05, 0.1) is 18.0 Å². The Kier molecular flexibility index (Phi) is 7.02. The minimum atomic E-state index is -0.373. The molecule has 0 bridgehead atoms. The van der Waals surface area contributed by atoms with E-state index < -0.39 is 0 Å². The predicted octanol–water partition coefficient (Wildman–Crippen LogP) is 4.06. The molecule has 0 aliphatic rings. The second-order valence-corrected chi connectivity index (χ2v) is 7.00. The fourth-order valence-electron chi connectivity index (χ4n) is 2.43. The predicted molar refractivity (Wildman–Crippen MR) is 109 cm³/mol. The summed E-state index contributed by atoms with van der Waals surface area (Å²) >= 11 is 1.58. The highest BCUT2D eigenvalue weighted by molar-refractivity contribution is 7.13. The summed E-state index contributed by atoms with van der Waals surface area (Å²) in [7, 11) is 0. The maximum atomic E-state index is 13.7. The van der Waals surface area contributed by atoms with Gasteiger partial charge in [0.1, 0.15) is 18.1 Å². The summed E-state index contributed by atoms with van der Waals surface area (Å²) in [6.45, 7) is 5.43. The van der Waals surface area contributed by atoms with Crippen molar-refractivity contribution in [2.75, 3.05) is 13.1 Å². The highest BCUT2D eigenvalue weighted by atomic mass is 32.1. The third kappa shape index (κ3) is 5.56. The zero-order valence-electron chi connectivity index (χ0n) is 15.8. The number of oxazole rings is 1. The summed E-state index contributed by atoms with van der Waals surface area (Å²) in [6, 6.07) is 10.3. The first-order chi connectivity index (χ1) is 13.7. The number of aliphatic imine (C=N–C) groups is 1. The van der Waals surface area contributed by atoms with Gasteiger partial charge in [-0.15, -0.1) is 11.3 Å². The molecular weight excluding hydrogens is 379 g/mol. The zero-order chi connectivity index (χ0) is 19.8. The van der Waals surface area contributed by atoms with Crippen LogP contribution in [-0.4, -0.2) is 30.1 Å². The van der Waals surface area contributed by atoms with Gasteiger partial charge in [-0.05, 0) is 37.4 Å². The fourth-order valence-corrected chi connectivity index (χ4v) is 3.09. The standard InChI is InChI=1S/C20H23FN4O2S/c1-3-22-20(23-11-14(2)27-17-8-5-4-7-16(17)21)24-12-15-13-26-19(25-15)18-9-6-10-28-18/h4-10,13-14H,3,11-12H2,1-2H3,(H2,22,23,24). The van der Waals surface area contributed by atoms with Gasteiger partial charge in [-0.2, -0.15) is 0 Å². The van der Waals surface area contributed by atoms with E-state index in [1.807, 2.05) is 31.4 Å². The lowest BCUT2D eigenvalue weighted by atomic mass is 10.3. The normalized spacial score (nSPS) is 12.6. The van der Waals surface area contributed by atoms with E-state index in [4.69, 9.17) is 9.15 Å². The van der Waals surface area contributed by atoms with Gasteiger partial charge in [-0.25, -0.2) is 14.4 Å². The van der Waals surface area contributed by atoms with E-state index in [1.54, 1.807) is 35.8 Å². The quantitative estimate of drug-likeness (QED) is 0.439. The second kappa shape index (κ2) is 9.89. The number of ether oxygens (including phenoxy) is 1. The van der Waals surface area contributed by atoms with E-state index in [0.717, 1.165) is 10.6 Å². The van der Waals surface area contributed by atoms with Gasteiger partial charge in [0.2, 0.25) is 5.89 Å². The van der Waals surface area contributed by atoms with Crippen LogP contribution < -0.4 is 15.4 Å². The third-order valence-corrected chi connectivity index (χ3v) is 4.61. The number of rotatable bonds is 8. The van der Waals surface area contributed by atoms with Crippen molar-refractivity contribution in [2.45, 2.75) is 26.5 Å². The van der Waals surface area contributed by atoms with Crippen molar-refractivity contribution in [3.05, 3.63) is 59.6 Å². The number of guanidine groups is 1. The molecule has 1 atom stereocenters. The van der Waals surface area contributed by atoms with Gasteiger partial charge in [0, 0.05) is 6.54 Å². The molecule has 8 heteroatoms. The summed E-state index contributed by atoms with van der Waals surface area (Å²) < 4.78 is 24.8. The number of nitrogens with one attached hydrogen (secondary N) is 2. The molecular formula is C20H23FN4O2S. The average molecular weight is 402 g/mol. The molecule has 0 radical (unpaired) electrons. The number of nitrogens with zero attached hydrogens (tertiary/aromatic N) is 2. The SMILES string of the molecule is CCNC(=NCc1coc(-c2cccs2)n1)NCC(C)Oc1ccccc1F. The second-order valence-electron chi connectivity index (χ2n) is 6.06. The van der Waals surface area contributed by atoms with Crippen LogP contribution in [0.2, 0.25) is 0 Å². The van der Waals surface area contributed by atoms with Crippen molar-refractivity contribution in [3.8, 4) is 16.5 Å². The van der Waals surface area contributed by atoms with Crippen molar-refractivity contribution >= 4 is 17.3 Å². The van der Waals surface area contributed by atoms with Gasteiger partial charge in [0.25, 0.3) is 0 Å². The number of aromatic nitrogens is 1. The number of para-hydroxylation sites is 1. The van der Waals surface area contributed by atoms with Crippen LogP contribution in [0.1, 0.15) is 19.5 Å². The smallest absolute Gasteiger partial charge is 0.236 e. The van der Waals surface area contributed by atoms with Gasteiger partial charge >= 0.3 is 0 Å². The molecule has 1 aromatic carbocycles. The summed E-state index contributed by atoms with van der Waals surface area (Å²) in [5.41, 5.74) is 0.747. The van der Waals surface area contributed by atoms with Crippen molar-refractivity contribution in [1.82, 2.24) is 15.6 Å². The summed E-state index contributed by atoms with van der Waals surface area (Å²) in [5.74, 6) is 1.10. The van der Waals surface area contributed by atoms with Crippen LogP contribution in [0, 0.1) is 5.82 Å². The van der Waals surface area contributed by atoms with Crippen LogP contribution in [0.3, 0.4) is 0 Å². The molecule has 0 saturated carbocycles. The van der Waals surface area contributed by atoms with Gasteiger partial charge in [-0.3, -0.25) is 0 Å². The molecule has 3 aromatic rings. The molecule has 1 unspecified atom stereocenters. The number of hydrogen-bond acceptors (Lipinski definition) is 5. The number of hydrogen-bond donors (Lipinski definition) is 2. The van der Waals surface area contributed by atoms with Crippen LogP contribution in [0.4, 0.5) is 4.39 Å². The molecule has 28 heavy (non-hydrogen) atoms. The van der Waals surface area contributed by atoms with Gasteiger partial charge in [-0.1, -0.05) is 18.2 Å².